The maximum atomic E-state index is 15.4. The van der Waals surface area contributed by atoms with E-state index in [1.54, 1.807) is 23.2 Å². The van der Waals surface area contributed by atoms with E-state index in [4.69, 9.17) is 0 Å². The molecule has 168 valence electrons. The van der Waals surface area contributed by atoms with Gasteiger partial charge in [-0.15, -0.1) is 0 Å². The van der Waals surface area contributed by atoms with E-state index in [1.165, 1.54) is 12.5 Å². The Morgan fingerprint density at radius 2 is 1.88 bits per heavy atom. The van der Waals surface area contributed by atoms with Gasteiger partial charge in [-0.05, 0) is 45.1 Å². The van der Waals surface area contributed by atoms with Crippen LogP contribution in [0.4, 0.5) is 10.1 Å². The lowest BCUT2D eigenvalue weighted by Gasteiger charge is -2.34. The number of halogens is 2. The van der Waals surface area contributed by atoms with Crippen LogP contribution in [-0.2, 0) is 13.0 Å². The van der Waals surface area contributed by atoms with Gasteiger partial charge in [0.15, 0.2) is 12.4 Å². The maximum Gasteiger partial charge on any atom is 0.232 e. The van der Waals surface area contributed by atoms with Crippen LogP contribution in [0, 0.1) is 5.82 Å². The molecule has 0 spiro atoms. The summed E-state index contributed by atoms with van der Waals surface area (Å²) in [6.45, 7) is 3.87. The number of piperidine rings is 1. The first-order valence-corrected chi connectivity index (χ1v) is 11.2. The molecule has 1 saturated heterocycles. The molecule has 0 aliphatic carbocycles. The number of hydrogen-bond donors (Lipinski definition) is 0. The molecule has 5 rings (SSSR count). The third-order valence-corrected chi connectivity index (χ3v) is 6.70. The van der Waals surface area contributed by atoms with Crippen molar-refractivity contribution in [1.82, 2.24) is 4.57 Å². The van der Waals surface area contributed by atoms with Gasteiger partial charge in [0.05, 0.1) is 16.8 Å². The summed E-state index contributed by atoms with van der Waals surface area (Å²) in [6, 6.07) is 7.08. The summed E-state index contributed by atoms with van der Waals surface area (Å²) in [5.74, 6) is -0.601. The molecule has 0 radical (unpaired) electrons. The van der Waals surface area contributed by atoms with Crippen molar-refractivity contribution in [2.75, 3.05) is 18.0 Å². The van der Waals surface area contributed by atoms with Gasteiger partial charge in [0.25, 0.3) is 0 Å². The van der Waals surface area contributed by atoms with E-state index in [9.17, 15) is 9.59 Å². The summed E-state index contributed by atoms with van der Waals surface area (Å²) < 4.78 is 19.2. The van der Waals surface area contributed by atoms with Crippen LogP contribution in [-0.4, -0.2) is 23.4 Å². The summed E-state index contributed by atoms with van der Waals surface area (Å²) in [7, 11) is 0. The number of Topliss-reactive ketones (excluding diaryl/α,β-unsaturated/α-hetero) is 1. The highest BCUT2D eigenvalue weighted by Gasteiger charge is 2.29. The van der Waals surface area contributed by atoms with Crippen molar-refractivity contribution < 1.29 is 37.7 Å². The van der Waals surface area contributed by atoms with Crippen molar-refractivity contribution >= 4 is 22.4 Å². The average Bonchev–Trinajstić information content (AvgIpc) is 2.78. The number of carbonyl (C=O) groups is 1. The molecule has 7 heteroatoms. The predicted molar refractivity (Wildman–Crippen MR) is 118 cm³/mol. The van der Waals surface area contributed by atoms with E-state index in [0.29, 0.717) is 11.1 Å². The molecule has 0 amide bonds. The number of carbonyl (C=O) groups excluding carboxylic acids is 1. The number of ketones is 1. The number of pyridine rings is 2. The van der Waals surface area contributed by atoms with E-state index in [-0.39, 0.29) is 59.2 Å². The number of aryl methyl sites for hydroxylation is 1. The van der Waals surface area contributed by atoms with Crippen molar-refractivity contribution in [3.05, 3.63) is 70.0 Å². The van der Waals surface area contributed by atoms with Crippen LogP contribution in [0.3, 0.4) is 0 Å². The van der Waals surface area contributed by atoms with Crippen molar-refractivity contribution in [2.24, 2.45) is 0 Å². The molecule has 2 aliphatic heterocycles. The minimum Gasteiger partial charge on any atom is -1.00 e. The Labute approximate surface area is 203 Å². The standard InChI is InChI=1S/C25H27FN3O2.HI/c1-17-8-9-18-23-19(14-21(26)24(18)28-12-6-3-7-13-28)25(31)20(15-29(17)23)22(30)16-27-10-4-2-5-11-27;/h2,4-5,10-11,14-15,17H,3,6-9,12-13,16H2,1H3;1H/q+1;/p-1. The first kappa shape index (κ1) is 22.9. The minimum atomic E-state index is -0.368. The van der Waals surface area contributed by atoms with Crippen LogP contribution >= 0.6 is 0 Å². The molecule has 2 aliphatic rings. The SMILES string of the molecule is CC1CCc2c(N3CCCCC3)c(F)cc3c(=O)c(C(=O)C[n+]4ccccc4)cn1c23.[I-]. The zero-order valence-electron chi connectivity index (χ0n) is 18.2. The molecule has 1 atom stereocenters. The summed E-state index contributed by atoms with van der Waals surface area (Å²) in [6.07, 6.45) is 10.2. The summed E-state index contributed by atoms with van der Waals surface area (Å²) >= 11 is 0. The molecular formula is C25H27FIN3O2. The summed E-state index contributed by atoms with van der Waals surface area (Å²) in [5.41, 5.74) is 2.14. The zero-order chi connectivity index (χ0) is 21.5. The number of hydrogen-bond acceptors (Lipinski definition) is 3. The average molecular weight is 547 g/mol. The van der Waals surface area contributed by atoms with E-state index in [1.807, 2.05) is 22.8 Å². The third-order valence-electron chi connectivity index (χ3n) is 6.70. The van der Waals surface area contributed by atoms with E-state index in [0.717, 1.165) is 49.9 Å². The normalized spacial score (nSPS) is 17.8. The first-order chi connectivity index (χ1) is 15.0. The first-order valence-electron chi connectivity index (χ1n) is 11.2. The number of anilines is 1. The smallest absolute Gasteiger partial charge is 0.232 e. The molecule has 1 aromatic carbocycles. The molecular weight excluding hydrogens is 520 g/mol. The minimum absolute atomic E-state index is 0. The molecule has 32 heavy (non-hydrogen) atoms. The fourth-order valence-corrected chi connectivity index (χ4v) is 5.08. The molecule has 1 fully saturated rings. The van der Waals surface area contributed by atoms with Crippen LogP contribution in [0.25, 0.3) is 10.9 Å². The Morgan fingerprint density at radius 1 is 1.16 bits per heavy atom. The van der Waals surface area contributed by atoms with Gasteiger partial charge in [0, 0.05) is 48.4 Å². The highest BCUT2D eigenvalue weighted by molar-refractivity contribution is 5.99. The lowest BCUT2D eigenvalue weighted by Crippen LogP contribution is -3.00. The van der Waals surface area contributed by atoms with Crippen molar-refractivity contribution in [1.29, 1.82) is 0 Å². The lowest BCUT2D eigenvalue weighted by molar-refractivity contribution is -0.683. The molecule has 5 nitrogen and oxygen atoms in total. The fraction of sp³-hybridized carbons (Fsp3) is 0.400. The van der Waals surface area contributed by atoms with Gasteiger partial charge < -0.3 is 33.4 Å². The monoisotopic (exact) mass is 547 g/mol. The topological polar surface area (TPSA) is 46.2 Å². The molecule has 0 saturated carbocycles. The maximum absolute atomic E-state index is 15.4. The van der Waals surface area contributed by atoms with Crippen LogP contribution in [0.1, 0.15) is 54.6 Å². The van der Waals surface area contributed by atoms with Gasteiger partial charge in [-0.2, -0.15) is 4.57 Å². The summed E-state index contributed by atoms with van der Waals surface area (Å²) in [4.78, 5) is 28.5. The van der Waals surface area contributed by atoms with Crippen LogP contribution in [0.15, 0.2) is 47.7 Å². The predicted octanol–water partition coefficient (Wildman–Crippen LogP) is 0.813. The largest absolute Gasteiger partial charge is 1.00 e. The number of rotatable bonds is 4. The second-order valence-corrected chi connectivity index (χ2v) is 8.77. The zero-order valence-corrected chi connectivity index (χ0v) is 20.3. The molecule has 0 N–H and O–H groups in total. The fourth-order valence-electron chi connectivity index (χ4n) is 5.08. The summed E-state index contributed by atoms with van der Waals surface area (Å²) in [5, 5.41) is 0.323. The quantitative estimate of drug-likeness (QED) is 0.276. The Kier molecular flexibility index (Phi) is 6.65. The lowest BCUT2D eigenvalue weighted by atomic mass is 9.92. The van der Waals surface area contributed by atoms with Crippen molar-refractivity contribution in [2.45, 2.75) is 51.6 Å². The van der Waals surface area contributed by atoms with Gasteiger partial charge in [0.1, 0.15) is 5.82 Å². The van der Waals surface area contributed by atoms with E-state index in [2.05, 4.69) is 11.8 Å². The van der Waals surface area contributed by atoms with Gasteiger partial charge in [0.2, 0.25) is 17.8 Å². The Balaban J connectivity index is 0.00000245. The van der Waals surface area contributed by atoms with Crippen LogP contribution in [0.2, 0.25) is 0 Å². The Morgan fingerprint density at radius 3 is 2.59 bits per heavy atom. The van der Waals surface area contributed by atoms with Gasteiger partial charge in [-0.3, -0.25) is 9.59 Å². The van der Waals surface area contributed by atoms with E-state index < -0.39 is 0 Å². The van der Waals surface area contributed by atoms with Crippen LogP contribution < -0.4 is 38.9 Å². The number of benzene rings is 1. The Hall–Kier alpha value is -2.29. The highest BCUT2D eigenvalue weighted by Crippen LogP contribution is 2.38. The molecule has 0 bridgehead atoms. The second-order valence-electron chi connectivity index (χ2n) is 8.77. The molecule has 4 heterocycles. The molecule has 1 unspecified atom stereocenters. The van der Waals surface area contributed by atoms with E-state index >= 15 is 4.39 Å². The second kappa shape index (κ2) is 9.29. The van der Waals surface area contributed by atoms with Crippen LogP contribution in [0.5, 0.6) is 0 Å². The van der Waals surface area contributed by atoms with Crippen molar-refractivity contribution in [3.63, 3.8) is 0 Å². The van der Waals surface area contributed by atoms with Gasteiger partial charge in [-0.1, -0.05) is 6.07 Å². The Bertz CT molecular complexity index is 1220. The molecule has 2 aromatic heterocycles. The molecule has 3 aromatic rings. The number of nitrogens with zero attached hydrogens (tertiary/aromatic N) is 3. The van der Waals surface area contributed by atoms with Gasteiger partial charge >= 0.3 is 0 Å². The van der Waals surface area contributed by atoms with Crippen molar-refractivity contribution in [3.8, 4) is 0 Å². The number of aromatic nitrogens is 2. The third kappa shape index (κ3) is 3.95. The van der Waals surface area contributed by atoms with Gasteiger partial charge in [-0.25, -0.2) is 4.39 Å². The highest BCUT2D eigenvalue weighted by atomic mass is 127.